The molecule has 18 heavy (non-hydrogen) atoms. The van der Waals surface area contributed by atoms with Gasteiger partial charge in [-0.15, -0.1) is 0 Å². The van der Waals surface area contributed by atoms with E-state index in [1.807, 2.05) is 0 Å². The van der Waals surface area contributed by atoms with Crippen LogP contribution in [0.15, 0.2) is 0 Å². The quantitative estimate of drug-likeness (QED) is 0.836. The van der Waals surface area contributed by atoms with Crippen molar-refractivity contribution in [3.63, 3.8) is 0 Å². The first kappa shape index (κ1) is 13.9. The van der Waals surface area contributed by atoms with E-state index in [1.165, 1.54) is 19.3 Å². The van der Waals surface area contributed by atoms with Crippen LogP contribution in [0.5, 0.6) is 0 Å². The van der Waals surface area contributed by atoms with E-state index in [0.717, 1.165) is 32.4 Å². The Balaban J connectivity index is 2.11. The summed E-state index contributed by atoms with van der Waals surface area (Å²) in [5, 5.41) is 9.72. The van der Waals surface area contributed by atoms with Crippen molar-refractivity contribution >= 4 is 5.97 Å². The van der Waals surface area contributed by atoms with Crippen LogP contribution in [0.4, 0.5) is 0 Å². The minimum atomic E-state index is -0.588. The van der Waals surface area contributed by atoms with Gasteiger partial charge in [-0.05, 0) is 37.0 Å². The first-order valence-corrected chi connectivity index (χ1v) is 7.46. The number of aliphatic carboxylic acids is 1. The van der Waals surface area contributed by atoms with Crippen molar-refractivity contribution in [3.8, 4) is 0 Å². The molecule has 0 aromatic rings. The number of likely N-dealkylation sites (tertiary alicyclic amines) is 1. The smallest absolute Gasteiger partial charge is 0.324 e. The van der Waals surface area contributed by atoms with E-state index in [-0.39, 0.29) is 0 Å². The first-order chi connectivity index (χ1) is 8.48. The Morgan fingerprint density at radius 2 is 1.94 bits per heavy atom. The van der Waals surface area contributed by atoms with Gasteiger partial charge in [0.05, 0.1) is 0 Å². The summed E-state index contributed by atoms with van der Waals surface area (Å²) in [6.07, 6.45) is 6.28. The predicted octanol–water partition coefficient (Wildman–Crippen LogP) is 3.14. The molecule has 0 radical (unpaired) electrons. The number of carbonyl (C=O) groups is 1. The molecule has 1 saturated carbocycles. The van der Waals surface area contributed by atoms with Crippen molar-refractivity contribution in [2.45, 2.75) is 64.8 Å². The fraction of sp³-hybridized carbons (Fsp3) is 0.933. The molecular formula is C15H27NO2. The van der Waals surface area contributed by atoms with E-state index in [4.69, 9.17) is 0 Å². The lowest BCUT2D eigenvalue weighted by atomic mass is 9.67. The molecule has 2 fully saturated rings. The van der Waals surface area contributed by atoms with Gasteiger partial charge in [-0.3, -0.25) is 9.69 Å². The Morgan fingerprint density at radius 3 is 2.39 bits per heavy atom. The van der Waals surface area contributed by atoms with Crippen LogP contribution in [-0.4, -0.2) is 34.6 Å². The monoisotopic (exact) mass is 253 g/mol. The molecule has 2 aliphatic rings. The summed E-state index contributed by atoms with van der Waals surface area (Å²) in [7, 11) is 0. The standard InChI is InChI=1S/C15H27NO2/c1-4-14(5-2)10-16(11-14)15(13(17)18)8-6-7-12(3)9-15/h12H,4-11H2,1-3H3,(H,17,18). The van der Waals surface area contributed by atoms with Crippen molar-refractivity contribution < 1.29 is 9.90 Å². The molecule has 0 aromatic heterocycles. The van der Waals surface area contributed by atoms with Crippen LogP contribution in [0.25, 0.3) is 0 Å². The van der Waals surface area contributed by atoms with Crippen LogP contribution in [-0.2, 0) is 4.79 Å². The molecule has 3 nitrogen and oxygen atoms in total. The highest BCUT2D eigenvalue weighted by Crippen LogP contribution is 2.46. The molecule has 3 heteroatoms. The number of carboxylic acid groups (broad SMARTS) is 1. The average molecular weight is 253 g/mol. The minimum absolute atomic E-state index is 0.392. The van der Waals surface area contributed by atoms with Gasteiger partial charge in [0.25, 0.3) is 0 Å². The molecule has 2 rings (SSSR count). The number of hydrogen-bond acceptors (Lipinski definition) is 2. The summed E-state index contributed by atoms with van der Waals surface area (Å²) < 4.78 is 0. The van der Waals surface area contributed by atoms with Gasteiger partial charge in [0.1, 0.15) is 5.54 Å². The van der Waals surface area contributed by atoms with E-state index in [2.05, 4.69) is 25.7 Å². The third-order valence-corrected chi connectivity index (χ3v) is 5.53. The molecule has 1 saturated heterocycles. The van der Waals surface area contributed by atoms with E-state index in [1.54, 1.807) is 0 Å². The molecular weight excluding hydrogens is 226 g/mol. The Bertz CT molecular complexity index is 316. The normalized spacial score (nSPS) is 36.1. The lowest BCUT2D eigenvalue weighted by Gasteiger charge is -2.58. The van der Waals surface area contributed by atoms with E-state index >= 15 is 0 Å². The molecule has 0 bridgehead atoms. The zero-order valence-corrected chi connectivity index (χ0v) is 12.0. The number of hydrogen-bond donors (Lipinski definition) is 1. The molecule has 0 amide bonds. The van der Waals surface area contributed by atoms with Crippen molar-refractivity contribution in [1.82, 2.24) is 4.90 Å². The molecule has 1 aliphatic heterocycles. The van der Waals surface area contributed by atoms with Crippen molar-refractivity contribution in [2.24, 2.45) is 11.3 Å². The van der Waals surface area contributed by atoms with Crippen LogP contribution in [0.1, 0.15) is 59.3 Å². The van der Waals surface area contributed by atoms with Crippen LogP contribution in [0.2, 0.25) is 0 Å². The van der Waals surface area contributed by atoms with E-state index < -0.39 is 11.5 Å². The molecule has 2 unspecified atom stereocenters. The van der Waals surface area contributed by atoms with Crippen LogP contribution < -0.4 is 0 Å². The third kappa shape index (κ3) is 2.07. The number of nitrogens with zero attached hydrogens (tertiary/aromatic N) is 1. The molecule has 2 atom stereocenters. The van der Waals surface area contributed by atoms with Crippen molar-refractivity contribution in [1.29, 1.82) is 0 Å². The highest BCUT2D eigenvalue weighted by Gasteiger charge is 2.54. The Kier molecular flexibility index (Phi) is 3.72. The number of carboxylic acids is 1. The minimum Gasteiger partial charge on any atom is -0.480 e. The van der Waals surface area contributed by atoms with E-state index in [9.17, 15) is 9.90 Å². The van der Waals surface area contributed by atoms with Gasteiger partial charge >= 0.3 is 5.97 Å². The summed E-state index contributed by atoms with van der Waals surface area (Å²) in [6, 6.07) is 0. The van der Waals surface area contributed by atoms with Crippen LogP contribution in [0, 0.1) is 11.3 Å². The van der Waals surface area contributed by atoms with Crippen LogP contribution in [0.3, 0.4) is 0 Å². The zero-order chi connectivity index (χ0) is 13.4. The zero-order valence-electron chi connectivity index (χ0n) is 12.0. The first-order valence-electron chi connectivity index (χ1n) is 7.46. The Hall–Kier alpha value is -0.570. The Morgan fingerprint density at radius 1 is 1.33 bits per heavy atom. The SMILES string of the molecule is CCC1(CC)CN(C2(C(=O)O)CCCC(C)C2)C1. The maximum atomic E-state index is 11.8. The summed E-state index contributed by atoms with van der Waals surface area (Å²) in [6.45, 7) is 8.64. The highest BCUT2D eigenvalue weighted by atomic mass is 16.4. The Labute approximate surface area is 111 Å². The molecule has 1 heterocycles. The predicted molar refractivity (Wildman–Crippen MR) is 72.6 cm³/mol. The van der Waals surface area contributed by atoms with Gasteiger partial charge in [-0.1, -0.05) is 33.6 Å². The third-order valence-electron chi connectivity index (χ3n) is 5.53. The fourth-order valence-electron chi connectivity index (χ4n) is 3.90. The molecule has 0 spiro atoms. The van der Waals surface area contributed by atoms with Gasteiger partial charge in [-0.25, -0.2) is 0 Å². The lowest BCUT2D eigenvalue weighted by molar-refractivity contribution is -0.170. The second-order valence-electron chi connectivity index (χ2n) is 6.60. The summed E-state index contributed by atoms with van der Waals surface area (Å²) in [4.78, 5) is 14.1. The largest absolute Gasteiger partial charge is 0.480 e. The van der Waals surface area contributed by atoms with Gasteiger partial charge < -0.3 is 5.11 Å². The second kappa shape index (κ2) is 4.84. The van der Waals surface area contributed by atoms with Gasteiger partial charge in [0, 0.05) is 13.1 Å². The van der Waals surface area contributed by atoms with Crippen molar-refractivity contribution in [3.05, 3.63) is 0 Å². The molecule has 1 N–H and O–H groups in total. The fourth-order valence-corrected chi connectivity index (χ4v) is 3.90. The molecule has 1 aliphatic carbocycles. The van der Waals surface area contributed by atoms with Crippen molar-refractivity contribution in [2.75, 3.05) is 13.1 Å². The highest BCUT2D eigenvalue weighted by molar-refractivity contribution is 5.79. The summed E-state index contributed by atoms with van der Waals surface area (Å²) in [5.74, 6) is -0.0389. The lowest BCUT2D eigenvalue weighted by Crippen LogP contribution is -2.68. The number of rotatable bonds is 4. The summed E-state index contributed by atoms with van der Waals surface area (Å²) >= 11 is 0. The maximum Gasteiger partial charge on any atom is 0.324 e. The van der Waals surface area contributed by atoms with Crippen LogP contribution >= 0.6 is 0 Å². The summed E-state index contributed by atoms with van der Waals surface area (Å²) in [5.41, 5.74) is -0.158. The van der Waals surface area contributed by atoms with E-state index in [0.29, 0.717) is 11.3 Å². The van der Waals surface area contributed by atoms with Gasteiger partial charge in [0.2, 0.25) is 0 Å². The second-order valence-corrected chi connectivity index (χ2v) is 6.60. The molecule has 104 valence electrons. The maximum absolute atomic E-state index is 11.8. The average Bonchev–Trinajstić information content (AvgIpc) is 2.29. The van der Waals surface area contributed by atoms with Gasteiger partial charge in [0.15, 0.2) is 0 Å². The molecule has 0 aromatic carbocycles. The van der Waals surface area contributed by atoms with Gasteiger partial charge in [-0.2, -0.15) is 0 Å². The topological polar surface area (TPSA) is 40.5 Å².